The molecule has 0 bridgehead atoms. The number of pyridine rings is 1. The fourth-order valence-corrected chi connectivity index (χ4v) is 3.96. The number of nitrogens with zero attached hydrogens (tertiary/aromatic N) is 3. The van der Waals surface area contributed by atoms with Crippen LogP contribution in [0.25, 0.3) is 5.69 Å². The SMILES string of the molecule is Cc1cccc(Oc2cnn(-c3ccccc3)c(=O)c2Nc2ccc(C(=O)NCc3ccccn3)cc2)c1C. The van der Waals surface area contributed by atoms with Crippen molar-refractivity contribution in [1.29, 1.82) is 0 Å². The predicted molar refractivity (Wildman–Crippen MR) is 151 cm³/mol. The lowest BCUT2D eigenvalue weighted by molar-refractivity contribution is 0.0950. The maximum Gasteiger partial charge on any atom is 0.299 e. The van der Waals surface area contributed by atoms with Crippen molar-refractivity contribution in [3.05, 3.63) is 136 Å². The molecule has 3 aromatic carbocycles. The van der Waals surface area contributed by atoms with E-state index < -0.39 is 0 Å². The van der Waals surface area contributed by atoms with Crippen LogP contribution in [0.2, 0.25) is 0 Å². The van der Waals surface area contributed by atoms with Gasteiger partial charge in [-0.1, -0.05) is 36.4 Å². The third kappa shape index (κ3) is 5.86. The molecule has 0 aliphatic carbocycles. The number of ether oxygens (including phenoxy) is 1. The van der Waals surface area contributed by atoms with Gasteiger partial charge in [-0.3, -0.25) is 14.6 Å². The quantitative estimate of drug-likeness (QED) is 0.274. The molecule has 0 unspecified atom stereocenters. The molecule has 0 aliphatic rings. The highest BCUT2D eigenvalue weighted by molar-refractivity contribution is 5.94. The number of hydrogen-bond acceptors (Lipinski definition) is 6. The Balaban J connectivity index is 1.43. The molecule has 2 heterocycles. The molecule has 8 nitrogen and oxygen atoms in total. The maximum atomic E-state index is 13.6. The number of benzene rings is 3. The van der Waals surface area contributed by atoms with Crippen molar-refractivity contribution >= 4 is 17.3 Å². The molecular weight excluding hydrogens is 490 g/mol. The van der Waals surface area contributed by atoms with E-state index in [1.165, 1.54) is 10.9 Å². The van der Waals surface area contributed by atoms with E-state index in [9.17, 15) is 9.59 Å². The van der Waals surface area contributed by atoms with E-state index in [0.29, 0.717) is 29.2 Å². The minimum atomic E-state index is -0.374. The van der Waals surface area contributed by atoms with Crippen LogP contribution in [0.3, 0.4) is 0 Å². The van der Waals surface area contributed by atoms with Crippen molar-refractivity contribution < 1.29 is 9.53 Å². The number of hydrogen-bond donors (Lipinski definition) is 2. The summed E-state index contributed by atoms with van der Waals surface area (Å²) in [4.78, 5) is 30.5. The highest BCUT2D eigenvalue weighted by Gasteiger charge is 2.17. The highest BCUT2D eigenvalue weighted by atomic mass is 16.5. The molecule has 2 aromatic heterocycles. The molecule has 0 fully saturated rings. The second kappa shape index (κ2) is 11.4. The van der Waals surface area contributed by atoms with Crippen LogP contribution in [-0.4, -0.2) is 20.7 Å². The van der Waals surface area contributed by atoms with E-state index in [4.69, 9.17) is 4.74 Å². The summed E-state index contributed by atoms with van der Waals surface area (Å²) in [6, 6.07) is 27.3. The van der Waals surface area contributed by atoms with Crippen LogP contribution in [0, 0.1) is 13.8 Å². The number of rotatable bonds is 8. The summed E-state index contributed by atoms with van der Waals surface area (Å²) in [5.74, 6) is 0.705. The first kappa shape index (κ1) is 25.4. The van der Waals surface area contributed by atoms with Gasteiger partial charge < -0.3 is 15.4 Å². The summed E-state index contributed by atoms with van der Waals surface area (Å²) in [7, 11) is 0. The minimum Gasteiger partial charge on any atom is -0.453 e. The number of para-hydroxylation sites is 1. The Morgan fingerprint density at radius 1 is 0.872 bits per heavy atom. The minimum absolute atomic E-state index is 0.221. The molecule has 0 saturated heterocycles. The summed E-state index contributed by atoms with van der Waals surface area (Å²) < 4.78 is 7.51. The van der Waals surface area contributed by atoms with Gasteiger partial charge in [0.05, 0.1) is 24.1 Å². The van der Waals surface area contributed by atoms with Gasteiger partial charge in [-0.25, -0.2) is 0 Å². The highest BCUT2D eigenvalue weighted by Crippen LogP contribution is 2.31. The molecule has 2 N–H and O–H groups in total. The molecule has 194 valence electrons. The van der Waals surface area contributed by atoms with Crippen LogP contribution in [0.4, 0.5) is 11.4 Å². The van der Waals surface area contributed by atoms with Gasteiger partial charge in [0.1, 0.15) is 5.75 Å². The second-order valence-corrected chi connectivity index (χ2v) is 8.94. The fraction of sp³-hybridized carbons (Fsp3) is 0.0968. The number of anilines is 2. The number of aromatic nitrogens is 3. The summed E-state index contributed by atoms with van der Waals surface area (Å²) in [5.41, 5.74) is 4.39. The van der Waals surface area contributed by atoms with Crippen LogP contribution in [0.1, 0.15) is 27.2 Å². The Hall–Kier alpha value is -5.24. The Kier molecular flexibility index (Phi) is 7.45. The van der Waals surface area contributed by atoms with Gasteiger partial charge in [-0.2, -0.15) is 9.78 Å². The van der Waals surface area contributed by atoms with Crippen LogP contribution < -0.4 is 20.9 Å². The summed E-state index contributed by atoms with van der Waals surface area (Å²) in [6.45, 7) is 4.30. The molecule has 5 aromatic rings. The van der Waals surface area contributed by atoms with Crippen molar-refractivity contribution in [3.63, 3.8) is 0 Å². The first-order valence-corrected chi connectivity index (χ1v) is 12.5. The number of aryl methyl sites for hydroxylation is 1. The first-order valence-electron chi connectivity index (χ1n) is 12.5. The van der Waals surface area contributed by atoms with Crippen molar-refractivity contribution in [2.45, 2.75) is 20.4 Å². The Labute approximate surface area is 225 Å². The van der Waals surface area contributed by atoms with Gasteiger partial charge in [0.25, 0.3) is 11.5 Å². The van der Waals surface area contributed by atoms with Crippen LogP contribution >= 0.6 is 0 Å². The van der Waals surface area contributed by atoms with Crippen LogP contribution in [0.5, 0.6) is 11.5 Å². The largest absolute Gasteiger partial charge is 0.453 e. The van der Waals surface area contributed by atoms with Gasteiger partial charge in [0, 0.05) is 17.4 Å². The van der Waals surface area contributed by atoms with E-state index in [-0.39, 0.29) is 22.9 Å². The summed E-state index contributed by atoms with van der Waals surface area (Å²) in [5, 5.41) is 10.4. The van der Waals surface area contributed by atoms with E-state index in [2.05, 4.69) is 20.7 Å². The Morgan fingerprint density at radius 2 is 1.64 bits per heavy atom. The lowest BCUT2D eigenvalue weighted by atomic mass is 10.1. The molecule has 0 atom stereocenters. The lowest BCUT2D eigenvalue weighted by Crippen LogP contribution is -2.24. The van der Waals surface area contributed by atoms with E-state index in [1.54, 1.807) is 30.5 Å². The zero-order valence-electron chi connectivity index (χ0n) is 21.6. The first-order chi connectivity index (χ1) is 19.0. The van der Waals surface area contributed by atoms with Gasteiger partial charge in [-0.05, 0) is 79.6 Å². The van der Waals surface area contributed by atoms with E-state index in [1.807, 2.05) is 80.6 Å². The maximum absolute atomic E-state index is 13.6. The lowest BCUT2D eigenvalue weighted by Gasteiger charge is -2.16. The number of carbonyl (C=O) groups excluding carboxylic acids is 1. The number of amides is 1. The molecule has 0 spiro atoms. The van der Waals surface area contributed by atoms with Gasteiger partial charge in [-0.15, -0.1) is 0 Å². The van der Waals surface area contributed by atoms with Gasteiger partial charge in [0.2, 0.25) is 0 Å². The van der Waals surface area contributed by atoms with Crippen molar-refractivity contribution in [2.24, 2.45) is 0 Å². The monoisotopic (exact) mass is 517 g/mol. The molecule has 0 saturated carbocycles. The predicted octanol–water partition coefficient (Wildman–Crippen LogP) is 5.71. The molecule has 8 heteroatoms. The molecule has 39 heavy (non-hydrogen) atoms. The van der Waals surface area contributed by atoms with Crippen molar-refractivity contribution in [1.82, 2.24) is 20.1 Å². The summed E-state index contributed by atoms with van der Waals surface area (Å²) in [6.07, 6.45) is 3.21. The van der Waals surface area contributed by atoms with Gasteiger partial charge >= 0.3 is 0 Å². The molecular formula is C31H27N5O3. The third-order valence-electron chi connectivity index (χ3n) is 6.29. The zero-order chi connectivity index (χ0) is 27.2. The van der Waals surface area contributed by atoms with Crippen molar-refractivity contribution in [3.8, 4) is 17.2 Å². The fourth-order valence-electron chi connectivity index (χ4n) is 3.96. The van der Waals surface area contributed by atoms with Crippen molar-refractivity contribution in [2.75, 3.05) is 5.32 Å². The zero-order valence-corrected chi connectivity index (χ0v) is 21.6. The Bertz CT molecular complexity index is 1650. The van der Waals surface area contributed by atoms with E-state index >= 15 is 0 Å². The average Bonchev–Trinajstić information content (AvgIpc) is 2.97. The molecule has 1 amide bonds. The van der Waals surface area contributed by atoms with Crippen LogP contribution in [0.15, 0.2) is 108 Å². The molecule has 0 radical (unpaired) electrons. The topological polar surface area (TPSA) is 98.1 Å². The summed E-state index contributed by atoms with van der Waals surface area (Å²) >= 11 is 0. The average molecular weight is 518 g/mol. The standard InChI is InChI=1S/C31H27N5O3/c1-21-9-8-13-27(22(21)2)39-28-20-34-36(26-11-4-3-5-12-26)31(38)29(28)35-24-16-14-23(15-17-24)30(37)33-19-25-10-6-7-18-32-25/h3-18,20,35H,19H2,1-2H3,(H,33,37). The normalized spacial score (nSPS) is 10.6. The van der Waals surface area contributed by atoms with Gasteiger partial charge in [0.15, 0.2) is 11.4 Å². The smallest absolute Gasteiger partial charge is 0.299 e. The molecule has 0 aliphatic heterocycles. The number of nitrogens with one attached hydrogen (secondary N) is 2. The molecule has 5 rings (SSSR count). The van der Waals surface area contributed by atoms with Crippen LogP contribution in [-0.2, 0) is 6.54 Å². The Morgan fingerprint density at radius 3 is 2.38 bits per heavy atom. The second-order valence-electron chi connectivity index (χ2n) is 8.94. The third-order valence-corrected chi connectivity index (χ3v) is 6.29. The number of carbonyl (C=O) groups is 1. The van der Waals surface area contributed by atoms with E-state index in [0.717, 1.165) is 16.8 Å².